The van der Waals surface area contributed by atoms with E-state index in [9.17, 15) is 0 Å². The van der Waals surface area contributed by atoms with E-state index in [4.69, 9.17) is 5.73 Å². The highest BCUT2D eigenvalue weighted by atomic mass is 15.2. The minimum atomic E-state index is 0.796. The van der Waals surface area contributed by atoms with Crippen LogP contribution >= 0.6 is 0 Å². The summed E-state index contributed by atoms with van der Waals surface area (Å²) in [7, 11) is 0. The maximum atomic E-state index is 5.89. The molecule has 4 heteroatoms. The van der Waals surface area contributed by atoms with Crippen LogP contribution < -0.4 is 16.0 Å². The predicted molar refractivity (Wildman–Crippen MR) is 75.9 cm³/mol. The molecule has 0 aliphatic carbocycles. The Labute approximate surface area is 107 Å². The third-order valence-corrected chi connectivity index (χ3v) is 3.41. The first kappa shape index (κ1) is 11.3. The highest BCUT2D eigenvalue weighted by Crippen LogP contribution is 2.26. The van der Waals surface area contributed by atoms with Crippen molar-refractivity contribution >= 4 is 22.3 Å². The van der Waals surface area contributed by atoms with Gasteiger partial charge in [0.25, 0.3) is 0 Å². The summed E-state index contributed by atoms with van der Waals surface area (Å²) in [5.41, 5.74) is 6.69. The summed E-state index contributed by atoms with van der Waals surface area (Å²) in [6, 6.07) is 8.06. The van der Waals surface area contributed by atoms with E-state index in [0.717, 1.165) is 49.5 Å². The summed E-state index contributed by atoms with van der Waals surface area (Å²) < 4.78 is 0. The SMILES string of the molecule is Nc1ccc2ccnc(N3CCCNCC3)c2c1. The Kier molecular flexibility index (Phi) is 3.02. The summed E-state index contributed by atoms with van der Waals surface area (Å²) in [4.78, 5) is 6.90. The van der Waals surface area contributed by atoms with Crippen LogP contribution in [0, 0.1) is 0 Å². The van der Waals surface area contributed by atoms with E-state index in [1.54, 1.807) is 0 Å². The molecule has 2 heterocycles. The lowest BCUT2D eigenvalue weighted by Crippen LogP contribution is -2.28. The summed E-state index contributed by atoms with van der Waals surface area (Å²) in [6.45, 7) is 4.15. The minimum Gasteiger partial charge on any atom is -0.399 e. The molecule has 0 amide bonds. The summed E-state index contributed by atoms with van der Waals surface area (Å²) in [5.74, 6) is 1.06. The number of hydrogen-bond acceptors (Lipinski definition) is 4. The first-order valence-corrected chi connectivity index (χ1v) is 6.44. The molecule has 4 nitrogen and oxygen atoms in total. The fourth-order valence-corrected chi connectivity index (χ4v) is 2.48. The molecule has 0 bridgehead atoms. The van der Waals surface area contributed by atoms with Crippen LogP contribution in [0.25, 0.3) is 10.8 Å². The first-order chi connectivity index (χ1) is 8.84. The zero-order valence-electron chi connectivity index (χ0n) is 10.4. The Balaban J connectivity index is 2.06. The average Bonchev–Trinajstić information content (AvgIpc) is 2.67. The highest BCUT2D eigenvalue weighted by Gasteiger charge is 2.13. The lowest BCUT2D eigenvalue weighted by molar-refractivity contribution is 0.724. The predicted octanol–water partition coefficient (Wildman–Crippen LogP) is 1.62. The van der Waals surface area contributed by atoms with Gasteiger partial charge in [-0.2, -0.15) is 0 Å². The van der Waals surface area contributed by atoms with E-state index in [1.165, 1.54) is 5.39 Å². The van der Waals surface area contributed by atoms with E-state index < -0.39 is 0 Å². The molecule has 18 heavy (non-hydrogen) atoms. The summed E-state index contributed by atoms with van der Waals surface area (Å²) >= 11 is 0. The fraction of sp³-hybridized carbons (Fsp3) is 0.357. The molecule has 0 spiro atoms. The van der Waals surface area contributed by atoms with Crippen LogP contribution in [0.15, 0.2) is 30.5 Å². The maximum Gasteiger partial charge on any atom is 0.136 e. The number of nitrogens with one attached hydrogen (secondary N) is 1. The number of hydrogen-bond donors (Lipinski definition) is 2. The average molecular weight is 242 g/mol. The number of nitrogens with zero attached hydrogens (tertiary/aromatic N) is 2. The number of anilines is 2. The Hall–Kier alpha value is -1.81. The number of nitrogens with two attached hydrogens (primary N) is 1. The van der Waals surface area contributed by atoms with Crippen LogP contribution in [-0.2, 0) is 0 Å². The summed E-state index contributed by atoms with van der Waals surface area (Å²) in [6.07, 6.45) is 3.03. The quantitative estimate of drug-likeness (QED) is 0.746. The van der Waals surface area contributed by atoms with Gasteiger partial charge in [0.1, 0.15) is 5.82 Å². The van der Waals surface area contributed by atoms with Crippen LogP contribution in [0.2, 0.25) is 0 Å². The van der Waals surface area contributed by atoms with Gasteiger partial charge in [0.2, 0.25) is 0 Å². The first-order valence-electron chi connectivity index (χ1n) is 6.44. The molecular formula is C14H18N4. The number of aromatic nitrogens is 1. The van der Waals surface area contributed by atoms with Crippen LogP contribution in [0.5, 0.6) is 0 Å². The van der Waals surface area contributed by atoms with Gasteiger partial charge in [0.05, 0.1) is 0 Å². The van der Waals surface area contributed by atoms with Gasteiger partial charge in [0.15, 0.2) is 0 Å². The van der Waals surface area contributed by atoms with Gasteiger partial charge in [-0.1, -0.05) is 6.07 Å². The second kappa shape index (κ2) is 4.82. The van der Waals surface area contributed by atoms with Crippen molar-refractivity contribution in [3.63, 3.8) is 0 Å². The standard InChI is InChI=1S/C14H18N4/c15-12-3-2-11-4-6-17-14(13(11)10-12)18-8-1-5-16-7-9-18/h2-4,6,10,16H,1,5,7-9,15H2. The largest absolute Gasteiger partial charge is 0.399 e. The lowest BCUT2D eigenvalue weighted by atomic mass is 10.1. The van der Waals surface area contributed by atoms with Crippen molar-refractivity contribution in [3.8, 4) is 0 Å². The maximum absolute atomic E-state index is 5.89. The van der Waals surface area contributed by atoms with Gasteiger partial charge in [0, 0.05) is 36.9 Å². The zero-order chi connectivity index (χ0) is 12.4. The Morgan fingerprint density at radius 2 is 2.11 bits per heavy atom. The zero-order valence-corrected chi connectivity index (χ0v) is 10.4. The molecule has 0 unspecified atom stereocenters. The fourth-order valence-electron chi connectivity index (χ4n) is 2.48. The molecule has 0 atom stereocenters. The molecule has 1 aromatic heterocycles. The number of rotatable bonds is 1. The van der Waals surface area contributed by atoms with Crippen LogP contribution in [0.1, 0.15) is 6.42 Å². The van der Waals surface area contributed by atoms with E-state index >= 15 is 0 Å². The topological polar surface area (TPSA) is 54.2 Å². The number of benzene rings is 1. The second-order valence-corrected chi connectivity index (χ2v) is 4.71. The van der Waals surface area contributed by atoms with Crippen molar-refractivity contribution in [1.29, 1.82) is 0 Å². The van der Waals surface area contributed by atoms with E-state index in [1.807, 2.05) is 24.4 Å². The molecule has 1 aromatic carbocycles. The molecule has 94 valence electrons. The van der Waals surface area contributed by atoms with E-state index in [-0.39, 0.29) is 0 Å². The Morgan fingerprint density at radius 1 is 1.17 bits per heavy atom. The van der Waals surface area contributed by atoms with Gasteiger partial charge in [-0.25, -0.2) is 4.98 Å². The lowest BCUT2D eigenvalue weighted by Gasteiger charge is -2.22. The number of pyridine rings is 1. The molecule has 0 saturated carbocycles. The van der Waals surface area contributed by atoms with Crippen molar-refractivity contribution in [2.45, 2.75) is 6.42 Å². The molecule has 0 radical (unpaired) electrons. The smallest absolute Gasteiger partial charge is 0.136 e. The van der Waals surface area contributed by atoms with Crippen LogP contribution in [-0.4, -0.2) is 31.2 Å². The molecule has 3 N–H and O–H groups in total. The molecule has 2 aromatic rings. The molecular weight excluding hydrogens is 224 g/mol. The highest BCUT2D eigenvalue weighted by molar-refractivity contribution is 5.94. The third kappa shape index (κ3) is 2.11. The van der Waals surface area contributed by atoms with Crippen molar-refractivity contribution in [3.05, 3.63) is 30.5 Å². The Morgan fingerprint density at radius 3 is 3.06 bits per heavy atom. The van der Waals surface area contributed by atoms with Crippen LogP contribution in [0.4, 0.5) is 11.5 Å². The molecule has 1 saturated heterocycles. The van der Waals surface area contributed by atoms with Crippen molar-refractivity contribution in [2.24, 2.45) is 0 Å². The van der Waals surface area contributed by atoms with Crippen molar-refractivity contribution in [1.82, 2.24) is 10.3 Å². The van der Waals surface area contributed by atoms with Crippen LogP contribution in [0.3, 0.4) is 0 Å². The minimum absolute atomic E-state index is 0.796. The molecule has 1 aliphatic heterocycles. The molecule has 1 fully saturated rings. The monoisotopic (exact) mass is 242 g/mol. The van der Waals surface area contributed by atoms with Gasteiger partial charge in [-0.3, -0.25) is 0 Å². The van der Waals surface area contributed by atoms with Gasteiger partial charge >= 0.3 is 0 Å². The summed E-state index contributed by atoms with van der Waals surface area (Å²) in [5, 5.41) is 5.76. The second-order valence-electron chi connectivity index (χ2n) is 4.71. The van der Waals surface area contributed by atoms with Crippen molar-refractivity contribution in [2.75, 3.05) is 36.8 Å². The van der Waals surface area contributed by atoms with E-state index in [2.05, 4.69) is 21.3 Å². The van der Waals surface area contributed by atoms with E-state index in [0.29, 0.717) is 0 Å². The normalized spacial score (nSPS) is 16.8. The Bertz CT molecular complexity index is 544. The number of nitrogen functional groups attached to an aromatic ring is 1. The number of fused-ring (bicyclic) bond motifs is 1. The molecule has 1 aliphatic rings. The van der Waals surface area contributed by atoms with Gasteiger partial charge < -0.3 is 16.0 Å². The molecule has 3 rings (SSSR count). The van der Waals surface area contributed by atoms with Gasteiger partial charge in [-0.15, -0.1) is 0 Å². The van der Waals surface area contributed by atoms with Crippen molar-refractivity contribution < 1.29 is 0 Å². The third-order valence-electron chi connectivity index (χ3n) is 3.41. The van der Waals surface area contributed by atoms with Gasteiger partial charge in [-0.05, 0) is 36.6 Å².